The molecule has 0 aliphatic carbocycles. The number of aryl methyl sites for hydroxylation is 1. The molecule has 0 radical (unpaired) electrons. The molecule has 43 heavy (non-hydrogen) atoms. The molecule has 0 saturated carbocycles. The number of sulfonamides is 1. The Morgan fingerprint density at radius 3 is 2.40 bits per heavy atom. The number of carbonyl (C=O) groups excluding carboxylic acids is 1. The summed E-state index contributed by atoms with van der Waals surface area (Å²) in [4.78, 5) is 13.0. The fourth-order valence-corrected chi connectivity index (χ4v) is 6.39. The van der Waals surface area contributed by atoms with Crippen LogP contribution in [0.1, 0.15) is 22.3 Å². The predicted octanol–water partition coefficient (Wildman–Crippen LogP) is 7.31. The Hall–Kier alpha value is -3.57. The molecule has 0 heterocycles. The van der Waals surface area contributed by atoms with Gasteiger partial charge in [-0.1, -0.05) is 59.1 Å². The molecule has 0 aromatic heterocycles. The average molecular weight is 705 g/mol. The van der Waals surface area contributed by atoms with Crippen LogP contribution in [-0.4, -0.2) is 34.2 Å². The van der Waals surface area contributed by atoms with E-state index in [9.17, 15) is 13.2 Å². The van der Waals surface area contributed by atoms with Gasteiger partial charge in [0.1, 0.15) is 13.2 Å². The van der Waals surface area contributed by atoms with Crippen molar-refractivity contribution in [1.82, 2.24) is 5.43 Å². The van der Waals surface area contributed by atoms with Crippen molar-refractivity contribution in [3.05, 3.63) is 116 Å². The molecule has 4 aromatic rings. The zero-order valence-corrected chi connectivity index (χ0v) is 27.4. The van der Waals surface area contributed by atoms with E-state index in [1.165, 1.54) is 25.5 Å². The lowest BCUT2D eigenvalue weighted by molar-refractivity contribution is -0.119. The second-order valence-electron chi connectivity index (χ2n) is 9.45. The van der Waals surface area contributed by atoms with Crippen LogP contribution in [0.5, 0.6) is 11.5 Å². The van der Waals surface area contributed by atoms with Crippen molar-refractivity contribution >= 4 is 67.0 Å². The molecular weight excluding hydrogens is 677 g/mol. The molecule has 0 aliphatic rings. The molecule has 0 fully saturated rings. The normalized spacial score (nSPS) is 11.4. The largest absolute Gasteiger partial charge is 0.493 e. The van der Waals surface area contributed by atoms with E-state index in [0.29, 0.717) is 43.8 Å². The van der Waals surface area contributed by atoms with E-state index in [0.717, 1.165) is 15.4 Å². The maximum absolute atomic E-state index is 13.7. The Balaban J connectivity index is 1.51. The molecular formula is C31H28BrCl2N3O5S. The Morgan fingerprint density at radius 1 is 1.02 bits per heavy atom. The average Bonchev–Trinajstić information content (AvgIpc) is 2.98. The maximum Gasteiger partial charge on any atom is 0.264 e. The van der Waals surface area contributed by atoms with Gasteiger partial charge in [0.25, 0.3) is 15.9 Å². The first-order valence-corrected chi connectivity index (χ1v) is 15.9. The quantitative estimate of drug-likeness (QED) is 0.131. The fraction of sp³-hybridized carbons (Fsp3) is 0.161. The van der Waals surface area contributed by atoms with Crippen LogP contribution in [0.25, 0.3) is 0 Å². The molecule has 224 valence electrons. The van der Waals surface area contributed by atoms with E-state index < -0.39 is 22.5 Å². The van der Waals surface area contributed by atoms with Crippen molar-refractivity contribution in [1.29, 1.82) is 0 Å². The third kappa shape index (κ3) is 8.08. The van der Waals surface area contributed by atoms with E-state index in [1.54, 1.807) is 61.5 Å². The Morgan fingerprint density at radius 2 is 1.72 bits per heavy atom. The topological polar surface area (TPSA) is 97.3 Å². The minimum atomic E-state index is -4.11. The number of rotatable bonds is 11. The van der Waals surface area contributed by atoms with Gasteiger partial charge in [-0.2, -0.15) is 5.10 Å². The number of hydrogen-bond donors (Lipinski definition) is 1. The summed E-state index contributed by atoms with van der Waals surface area (Å²) in [5.41, 5.74) is 5.65. The molecule has 1 N–H and O–H groups in total. The van der Waals surface area contributed by atoms with Gasteiger partial charge >= 0.3 is 0 Å². The summed E-state index contributed by atoms with van der Waals surface area (Å²) < 4.78 is 40.4. The Bertz CT molecular complexity index is 1750. The number of ether oxygens (including phenoxy) is 2. The molecule has 0 aliphatic heterocycles. The van der Waals surface area contributed by atoms with Crippen LogP contribution in [0.2, 0.25) is 10.0 Å². The van der Waals surface area contributed by atoms with E-state index >= 15 is 0 Å². The lowest BCUT2D eigenvalue weighted by atomic mass is 10.2. The van der Waals surface area contributed by atoms with Crippen LogP contribution in [-0.2, 0) is 21.4 Å². The summed E-state index contributed by atoms with van der Waals surface area (Å²) in [6.45, 7) is 3.32. The second kappa shape index (κ2) is 14.3. The van der Waals surface area contributed by atoms with Gasteiger partial charge in [-0.15, -0.1) is 0 Å². The third-order valence-corrected chi connectivity index (χ3v) is 9.38. The highest BCUT2D eigenvalue weighted by molar-refractivity contribution is 9.10. The minimum Gasteiger partial charge on any atom is -0.493 e. The Kier molecular flexibility index (Phi) is 10.7. The summed E-state index contributed by atoms with van der Waals surface area (Å²) >= 11 is 15.8. The first-order valence-electron chi connectivity index (χ1n) is 12.9. The minimum absolute atomic E-state index is 0.0455. The molecule has 0 bridgehead atoms. The number of amides is 1. The number of methoxy groups -OCH3 is 1. The lowest BCUT2D eigenvalue weighted by Crippen LogP contribution is -2.40. The highest BCUT2D eigenvalue weighted by Gasteiger charge is 2.28. The van der Waals surface area contributed by atoms with Crippen molar-refractivity contribution in [2.75, 3.05) is 18.0 Å². The van der Waals surface area contributed by atoms with Crippen LogP contribution in [0.15, 0.2) is 93.3 Å². The standard InChI is InChI=1S/C31H28BrCl2N3O5S/c1-20-7-13-25(14-8-20)43(39,40)37(28-6-4-5-27(34)21(28)2)18-30(38)36-35-17-23-15-26(32)31(29(16-23)41-3)42-19-22-9-11-24(33)12-10-22/h4-17H,18-19H2,1-3H3,(H,36,38)/b35-17+. The molecule has 0 unspecified atom stereocenters. The van der Waals surface area contributed by atoms with Gasteiger partial charge in [0, 0.05) is 10.0 Å². The molecule has 12 heteroatoms. The predicted molar refractivity (Wildman–Crippen MR) is 174 cm³/mol. The van der Waals surface area contributed by atoms with Crippen molar-refractivity contribution in [2.24, 2.45) is 5.10 Å². The third-order valence-electron chi connectivity index (χ3n) is 6.36. The van der Waals surface area contributed by atoms with Crippen LogP contribution in [0.4, 0.5) is 5.69 Å². The van der Waals surface area contributed by atoms with Gasteiger partial charge in [-0.25, -0.2) is 13.8 Å². The van der Waals surface area contributed by atoms with E-state index in [1.807, 2.05) is 19.1 Å². The van der Waals surface area contributed by atoms with E-state index in [-0.39, 0.29) is 10.6 Å². The van der Waals surface area contributed by atoms with Crippen LogP contribution < -0.4 is 19.2 Å². The van der Waals surface area contributed by atoms with Gasteiger partial charge in [0.2, 0.25) is 0 Å². The maximum atomic E-state index is 13.7. The van der Waals surface area contributed by atoms with E-state index in [4.69, 9.17) is 32.7 Å². The SMILES string of the molecule is COc1cc(/C=N/NC(=O)CN(c2cccc(Cl)c2C)S(=O)(=O)c2ccc(C)cc2)cc(Br)c1OCc1ccc(Cl)cc1. The van der Waals surface area contributed by atoms with Gasteiger partial charge in [0.05, 0.1) is 28.4 Å². The summed E-state index contributed by atoms with van der Waals surface area (Å²) in [7, 11) is -2.60. The lowest BCUT2D eigenvalue weighted by Gasteiger charge is -2.25. The highest BCUT2D eigenvalue weighted by Crippen LogP contribution is 2.37. The molecule has 0 saturated heterocycles. The zero-order valence-electron chi connectivity index (χ0n) is 23.5. The highest BCUT2D eigenvalue weighted by atomic mass is 79.9. The molecule has 4 rings (SSSR count). The summed E-state index contributed by atoms with van der Waals surface area (Å²) in [5.74, 6) is 0.288. The molecule has 0 spiro atoms. The van der Waals surface area contributed by atoms with E-state index in [2.05, 4.69) is 26.5 Å². The number of halogens is 3. The summed E-state index contributed by atoms with van der Waals surface area (Å²) in [5, 5.41) is 5.05. The van der Waals surface area contributed by atoms with Gasteiger partial charge in [-0.05, 0) is 95.0 Å². The monoisotopic (exact) mass is 703 g/mol. The first-order chi connectivity index (χ1) is 20.5. The van der Waals surface area contributed by atoms with Crippen molar-refractivity contribution in [3.8, 4) is 11.5 Å². The van der Waals surface area contributed by atoms with Gasteiger partial charge < -0.3 is 9.47 Å². The summed E-state index contributed by atoms with van der Waals surface area (Å²) in [6, 6.07) is 22.0. The van der Waals surface area contributed by atoms with Gasteiger partial charge in [0.15, 0.2) is 11.5 Å². The number of nitrogens with zero attached hydrogens (tertiary/aromatic N) is 2. The molecule has 0 atom stereocenters. The number of hydrogen-bond acceptors (Lipinski definition) is 6. The first kappa shape index (κ1) is 32.3. The van der Waals surface area contributed by atoms with Crippen LogP contribution in [0, 0.1) is 13.8 Å². The smallest absolute Gasteiger partial charge is 0.264 e. The van der Waals surface area contributed by atoms with Crippen LogP contribution >= 0.6 is 39.1 Å². The zero-order chi connectivity index (χ0) is 31.1. The van der Waals surface area contributed by atoms with Crippen molar-refractivity contribution in [3.63, 3.8) is 0 Å². The molecule has 1 amide bonds. The number of nitrogens with one attached hydrogen (secondary N) is 1. The fourth-order valence-electron chi connectivity index (χ4n) is 4.04. The number of carbonyl (C=O) groups is 1. The van der Waals surface area contributed by atoms with Crippen molar-refractivity contribution in [2.45, 2.75) is 25.3 Å². The van der Waals surface area contributed by atoms with Crippen LogP contribution in [0.3, 0.4) is 0 Å². The summed E-state index contributed by atoms with van der Waals surface area (Å²) in [6.07, 6.45) is 1.41. The second-order valence-corrected chi connectivity index (χ2v) is 13.0. The molecule has 8 nitrogen and oxygen atoms in total. The number of hydrazone groups is 1. The van der Waals surface area contributed by atoms with Crippen molar-refractivity contribution < 1.29 is 22.7 Å². The molecule has 4 aromatic carbocycles. The number of benzene rings is 4. The number of anilines is 1. The Labute approximate surface area is 269 Å². The van der Waals surface area contributed by atoms with Gasteiger partial charge in [-0.3, -0.25) is 9.10 Å².